The summed E-state index contributed by atoms with van der Waals surface area (Å²) >= 11 is 0. The highest BCUT2D eigenvalue weighted by molar-refractivity contribution is 7.88. The van der Waals surface area contributed by atoms with Crippen LogP contribution in [-0.4, -0.2) is 74.5 Å². The predicted octanol–water partition coefficient (Wildman–Crippen LogP) is -0.154. The number of aliphatic carboxylic acids is 1. The summed E-state index contributed by atoms with van der Waals surface area (Å²) in [5, 5.41) is 8.46. The Kier molecular flexibility index (Phi) is 5.07. The van der Waals surface area contributed by atoms with Gasteiger partial charge in [0.15, 0.2) is 0 Å². The smallest absolute Gasteiger partial charge is 0.306 e. The molecule has 1 N–H and O–H groups in total. The van der Waals surface area contributed by atoms with E-state index in [9.17, 15) is 18.0 Å². The normalized spacial score (nSPS) is 19.1. The number of rotatable bonds is 5. The van der Waals surface area contributed by atoms with Crippen LogP contribution in [0.15, 0.2) is 21.8 Å². The zero-order valence-corrected chi connectivity index (χ0v) is 13.6. The number of carbonyl (C=O) groups is 2. The van der Waals surface area contributed by atoms with Crippen molar-refractivity contribution in [2.75, 3.05) is 33.8 Å². The van der Waals surface area contributed by atoms with Crippen LogP contribution in [0.25, 0.3) is 0 Å². The second-order valence-electron chi connectivity index (χ2n) is 5.28. The van der Waals surface area contributed by atoms with E-state index in [0.717, 1.165) is 10.6 Å². The third kappa shape index (κ3) is 3.89. The van der Waals surface area contributed by atoms with E-state index < -0.39 is 28.0 Å². The van der Waals surface area contributed by atoms with Crippen molar-refractivity contribution < 1.29 is 32.3 Å². The van der Waals surface area contributed by atoms with Crippen LogP contribution in [0.1, 0.15) is 16.8 Å². The minimum Gasteiger partial charge on any atom is -0.481 e. The zero-order chi connectivity index (χ0) is 17.2. The molecule has 1 aliphatic heterocycles. The zero-order valence-electron chi connectivity index (χ0n) is 12.8. The van der Waals surface area contributed by atoms with Crippen molar-refractivity contribution in [3.05, 3.63) is 17.9 Å². The van der Waals surface area contributed by atoms with Crippen LogP contribution < -0.4 is 0 Å². The quantitative estimate of drug-likeness (QED) is 0.787. The Morgan fingerprint density at radius 2 is 2.13 bits per heavy atom. The molecule has 1 atom stereocenters. The molecule has 0 spiro atoms. The topological polar surface area (TPSA) is 117 Å². The van der Waals surface area contributed by atoms with E-state index in [1.54, 1.807) is 0 Å². The van der Waals surface area contributed by atoms with Crippen molar-refractivity contribution in [1.29, 1.82) is 0 Å². The number of sulfonamides is 1. The van der Waals surface area contributed by atoms with Gasteiger partial charge in [-0.15, -0.1) is 0 Å². The van der Waals surface area contributed by atoms with E-state index >= 15 is 0 Å². The van der Waals surface area contributed by atoms with Crippen molar-refractivity contribution in [2.45, 2.75) is 17.6 Å². The summed E-state index contributed by atoms with van der Waals surface area (Å²) in [7, 11) is -1.04. The number of morpholine rings is 1. The van der Waals surface area contributed by atoms with Gasteiger partial charge in [-0.2, -0.15) is 0 Å². The highest BCUT2D eigenvalue weighted by Crippen LogP contribution is 2.19. The highest BCUT2D eigenvalue weighted by atomic mass is 32.2. The van der Waals surface area contributed by atoms with Gasteiger partial charge in [0.05, 0.1) is 24.7 Å². The molecule has 1 fully saturated rings. The fourth-order valence-electron chi connectivity index (χ4n) is 2.15. The number of amides is 1. The molecule has 2 rings (SSSR count). The van der Waals surface area contributed by atoms with Gasteiger partial charge in [-0.3, -0.25) is 9.59 Å². The molecule has 1 amide bonds. The lowest BCUT2D eigenvalue weighted by atomic mass is 10.2. The van der Waals surface area contributed by atoms with Crippen LogP contribution in [0.2, 0.25) is 0 Å². The molecule has 0 saturated carbocycles. The van der Waals surface area contributed by atoms with E-state index in [1.165, 1.54) is 25.1 Å². The fraction of sp³-hybridized carbons (Fsp3) is 0.538. The van der Waals surface area contributed by atoms with Gasteiger partial charge in [0.1, 0.15) is 6.26 Å². The van der Waals surface area contributed by atoms with Crippen LogP contribution in [0, 0.1) is 0 Å². The van der Waals surface area contributed by atoms with Gasteiger partial charge < -0.3 is 19.2 Å². The number of hydrogen-bond acceptors (Lipinski definition) is 6. The maximum Gasteiger partial charge on any atom is 0.306 e. The Morgan fingerprint density at radius 3 is 2.74 bits per heavy atom. The number of carboxylic acid groups (broad SMARTS) is 1. The Labute approximate surface area is 133 Å². The van der Waals surface area contributed by atoms with Crippen LogP contribution >= 0.6 is 0 Å². The molecule has 1 aromatic heterocycles. The molecule has 1 unspecified atom stereocenters. The highest BCUT2D eigenvalue weighted by Gasteiger charge is 2.29. The summed E-state index contributed by atoms with van der Waals surface area (Å²) in [5.41, 5.74) is 0.0985. The van der Waals surface area contributed by atoms with Gasteiger partial charge in [0.25, 0.3) is 15.9 Å². The molecule has 23 heavy (non-hydrogen) atoms. The standard InChI is InChI=1S/C13H18N2O7S/c1-14(2)23(19,20)12-5-9(8-22-12)13(18)15-3-4-21-10(7-15)6-11(16)17/h5,8,10H,3-4,6-7H2,1-2H3,(H,16,17). The number of nitrogens with zero attached hydrogens (tertiary/aromatic N) is 2. The average molecular weight is 346 g/mol. The maximum absolute atomic E-state index is 12.4. The Hall–Kier alpha value is -1.91. The number of hydrogen-bond donors (Lipinski definition) is 1. The van der Waals surface area contributed by atoms with Gasteiger partial charge in [-0.25, -0.2) is 12.7 Å². The van der Waals surface area contributed by atoms with Crippen molar-refractivity contribution in [2.24, 2.45) is 0 Å². The Balaban J connectivity index is 2.12. The fourth-order valence-corrected chi connectivity index (χ4v) is 2.95. The maximum atomic E-state index is 12.4. The van der Waals surface area contributed by atoms with E-state index in [-0.39, 0.29) is 30.2 Å². The second kappa shape index (κ2) is 6.69. The molecule has 10 heteroatoms. The largest absolute Gasteiger partial charge is 0.481 e. The lowest BCUT2D eigenvalue weighted by molar-refractivity contribution is -0.141. The van der Waals surface area contributed by atoms with Gasteiger partial charge in [-0.05, 0) is 0 Å². The number of carbonyl (C=O) groups excluding carboxylic acids is 1. The molecular formula is C13H18N2O7S. The van der Waals surface area contributed by atoms with Gasteiger partial charge >= 0.3 is 5.97 Å². The molecule has 0 aliphatic carbocycles. The van der Waals surface area contributed by atoms with Crippen molar-refractivity contribution in [3.8, 4) is 0 Å². The number of furan rings is 1. The Bertz CT molecular complexity index is 695. The van der Waals surface area contributed by atoms with Crippen LogP contribution in [0.4, 0.5) is 0 Å². The summed E-state index contributed by atoms with van der Waals surface area (Å²) in [4.78, 5) is 24.5. The van der Waals surface area contributed by atoms with Gasteiger partial charge in [0, 0.05) is 33.3 Å². The second-order valence-corrected chi connectivity index (χ2v) is 7.37. The minimum absolute atomic E-state index is 0.0985. The van der Waals surface area contributed by atoms with Crippen molar-refractivity contribution in [1.82, 2.24) is 9.21 Å². The lowest BCUT2D eigenvalue weighted by Gasteiger charge is -2.32. The average Bonchev–Trinajstić information content (AvgIpc) is 2.96. The van der Waals surface area contributed by atoms with Crippen molar-refractivity contribution in [3.63, 3.8) is 0 Å². The lowest BCUT2D eigenvalue weighted by Crippen LogP contribution is -2.46. The number of carboxylic acids is 1. The molecular weight excluding hydrogens is 328 g/mol. The summed E-state index contributed by atoms with van der Waals surface area (Å²) in [6.45, 7) is 0.659. The monoisotopic (exact) mass is 346 g/mol. The summed E-state index contributed by atoms with van der Waals surface area (Å²) in [6, 6.07) is 1.17. The van der Waals surface area contributed by atoms with Crippen LogP contribution in [-0.2, 0) is 19.6 Å². The number of ether oxygens (including phenoxy) is 1. The van der Waals surface area contributed by atoms with E-state index in [4.69, 9.17) is 14.3 Å². The minimum atomic E-state index is -3.75. The first-order valence-corrected chi connectivity index (χ1v) is 8.29. The summed E-state index contributed by atoms with van der Waals surface area (Å²) < 4.78 is 35.1. The molecule has 0 aromatic carbocycles. The van der Waals surface area contributed by atoms with Crippen LogP contribution in [0.5, 0.6) is 0 Å². The Morgan fingerprint density at radius 1 is 1.43 bits per heavy atom. The molecule has 9 nitrogen and oxygen atoms in total. The first-order valence-electron chi connectivity index (χ1n) is 6.85. The molecule has 0 bridgehead atoms. The molecule has 1 aromatic rings. The third-order valence-corrected chi connectivity index (χ3v) is 5.07. The first-order chi connectivity index (χ1) is 10.7. The SMILES string of the molecule is CN(C)S(=O)(=O)c1cc(C(=O)N2CCOC(CC(=O)O)C2)co1. The predicted molar refractivity (Wildman–Crippen MR) is 77.5 cm³/mol. The van der Waals surface area contributed by atoms with Gasteiger partial charge in [0.2, 0.25) is 5.09 Å². The van der Waals surface area contributed by atoms with E-state index in [1.807, 2.05) is 0 Å². The molecule has 1 aliphatic rings. The van der Waals surface area contributed by atoms with E-state index in [0.29, 0.717) is 6.54 Å². The van der Waals surface area contributed by atoms with Gasteiger partial charge in [-0.1, -0.05) is 0 Å². The summed E-state index contributed by atoms with van der Waals surface area (Å²) in [5.74, 6) is -1.43. The molecule has 1 saturated heterocycles. The first kappa shape index (κ1) is 17.4. The third-order valence-electron chi connectivity index (χ3n) is 3.39. The van der Waals surface area contributed by atoms with E-state index in [2.05, 4.69) is 0 Å². The summed E-state index contributed by atoms with van der Waals surface area (Å²) in [6.07, 6.45) is 0.303. The molecule has 128 valence electrons. The molecule has 0 radical (unpaired) electrons. The van der Waals surface area contributed by atoms with Crippen LogP contribution in [0.3, 0.4) is 0 Å². The molecule has 2 heterocycles. The van der Waals surface area contributed by atoms with Crippen molar-refractivity contribution >= 4 is 21.9 Å².